The lowest BCUT2D eigenvalue weighted by Crippen LogP contribution is -2.04. The first-order chi connectivity index (χ1) is 10.1. The fourth-order valence-corrected chi connectivity index (χ4v) is 1.96. The average Bonchev–Trinajstić information content (AvgIpc) is 2.44. The van der Waals surface area contributed by atoms with Crippen LogP contribution in [0, 0.1) is 10.1 Å². The summed E-state index contributed by atoms with van der Waals surface area (Å²) in [5.74, 6) is -0.116. The largest absolute Gasteiger partial charge is 0.486 e. The van der Waals surface area contributed by atoms with Crippen LogP contribution in [0.4, 0.5) is 5.69 Å². The number of para-hydroxylation sites is 1. The summed E-state index contributed by atoms with van der Waals surface area (Å²) in [7, 11) is 0. The van der Waals surface area contributed by atoms with Gasteiger partial charge in [0.2, 0.25) is 5.75 Å². The van der Waals surface area contributed by atoms with E-state index in [4.69, 9.17) is 21.1 Å². The number of ether oxygens (including phenoxy) is 2. The summed E-state index contributed by atoms with van der Waals surface area (Å²) in [6.07, 6.45) is 2.53. The third-order valence-corrected chi connectivity index (χ3v) is 3.02. The van der Waals surface area contributed by atoms with E-state index in [2.05, 4.69) is 0 Å². The van der Waals surface area contributed by atoms with Gasteiger partial charge in [0, 0.05) is 12.5 Å². The Labute approximate surface area is 128 Å². The average molecular weight is 316 g/mol. The van der Waals surface area contributed by atoms with Gasteiger partial charge >= 0.3 is 11.7 Å². The number of unbranched alkanes of at least 4 members (excludes halogenated alkanes) is 2. The summed E-state index contributed by atoms with van der Waals surface area (Å²) in [5, 5.41) is 11.1. The molecule has 21 heavy (non-hydrogen) atoms. The van der Waals surface area contributed by atoms with Crippen molar-refractivity contribution >= 4 is 23.3 Å². The van der Waals surface area contributed by atoms with Crippen molar-refractivity contribution in [2.24, 2.45) is 0 Å². The van der Waals surface area contributed by atoms with Gasteiger partial charge in [-0.3, -0.25) is 14.9 Å². The van der Waals surface area contributed by atoms with Gasteiger partial charge in [-0.25, -0.2) is 0 Å². The molecule has 1 rings (SSSR count). The van der Waals surface area contributed by atoms with E-state index >= 15 is 0 Å². The smallest absolute Gasteiger partial charge is 0.312 e. The molecule has 1 aromatic carbocycles. The Balaban J connectivity index is 2.33. The van der Waals surface area contributed by atoms with Gasteiger partial charge in [-0.15, -0.1) is 0 Å². The van der Waals surface area contributed by atoms with Crippen LogP contribution < -0.4 is 4.74 Å². The third-order valence-electron chi connectivity index (χ3n) is 2.72. The number of nitro benzene ring substituents is 1. The van der Waals surface area contributed by atoms with Crippen molar-refractivity contribution in [2.75, 3.05) is 13.2 Å². The second-order valence-corrected chi connectivity index (χ2v) is 4.72. The topological polar surface area (TPSA) is 78.7 Å². The van der Waals surface area contributed by atoms with E-state index in [1.807, 2.05) is 0 Å². The number of hydrogen-bond acceptors (Lipinski definition) is 5. The Kier molecular flexibility index (Phi) is 7.53. The van der Waals surface area contributed by atoms with Gasteiger partial charge in [-0.1, -0.05) is 17.7 Å². The second-order valence-electron chi connectivity index (χ2n) is 4.31. The Morgan fingerprint density at radius 2 is 2.10 bits per heavy atom. The first-order valence-corrected chi connectivity index (χ1v) is 7.15. The van der Waals surface area contributed by atoms with E-state index in [1.54, 1.807) is 13.0 Å². The number of carbonyl (C=O) groups excluding carboxylic acids is 1. The summed E-state index contributed by atoms with van der Waals surface area (Å²) >= 11 is 5.90. The Morgan fingerprint density at radius 1 is 1.33 bits per heavy atom. The minimum Gasteiger partial charge on any atom is -0.486 e. The third kappa shape index (κ3) is 5.99. The second kappa shape index (κ2) is 9.18. The molecule has 0 fully saturated rings. The van der Waals surface area contributed by atoms with Gasteiger partial charge in [0.1, 0.15) is 0 Å². The quantitative estimate of drug-likeness (QED) is 0.300. The van der Waals surface area contributed by atoms with Crippen molar-refractivity contribution in [1.82, 2.24) is 0 Å². The summed E-state index contributed by atoms with van der Waals surface area (Å²) in [6.45, 7) is 2.47. The summed E-state index contributed by atoms with van der Waals surface area (Å²) in [4.78, 5) is 21.5. The van der Waals surface area contributed by atoms with Crippen LogP contribution >= 0.6 is 11.6 Å². The Hall–Kier alpha value is -1.82. The minimum atomic E-state index is -0.526. The van der Waals surface area contributed by atoms with Crippen molar-refractivity contribution in [1.29, 1.82) is 0 Å². The van der Waals surface area contributed by atoms with Gasteiger partial charge in [0.15, 0.2) is 0 Å². The van der Waals surface area contributed by atoms with Crippen LogP contribution in [0.25, 0.3) is 0 Å². The zero-order valence-electron chi connectivity index (χ0n) is 11.8. The van der Waals surface area contributed by atoms with Gasteiger partial charge in [-0.2, -0.15) is 0 Å². The predicted octanol–water partition coefficient (Wildman–Crippen LogP) is 3.75. The summed E-state index contributed by atoms with van der Waals surface area (Å²) < 4.78 is 10.2. The maximum Gasteiger partial charge on any atom is 0.312 e. The highest BCUT2D eigenvalue weighted by molar-refractivity contribution is 6.32. The number of carbonyl (C=O) groups is 1. The number of rotatable bonds is 9. The van der Waals surface area contributed by atoms with Crippen LogP contribution in [-0.2, 0) is 9.53 Å². The Bertz CT molecular complexity index is 492. The molecule has 6 nitrogen and oxygen atoms in total. The molecule has 116 valence electrons. The molecule has 0 bridgehead atoms. The highest BCUT2D eigenvalue weighted by Crippen LogP contribution is 2.34. The standard InChI is InChI=1S/C14H18ClNO5/c1-2-20-13(17)9-4-3-5-10-21-14-11(15)7-6-8-12(14)16(18)19/h6-8H,2-5,9-10H2,1H3. The van der Waals surface area contributed by atoms with E-state index in [1.165, 1.54) is 12.1 Å². The molecule has 1 aromatic rings. The zero-order valence-corrected chi connectivity index (χ0v) is 12.6. The molecule has 0 aromatic heterocycles. The van der Waals surface area contributed by atoms with Crippen molar-refractivity contribution in [3.63, 3.8) is 0 Å². The van der Waals surface area contributed by atoms with E-state index in [0.29, 0.717) is 32.5 Å². The highest BCUT2D eigenvalue weighted by Gasteiger charge is 2.17. The van der Waals surface area contributed by atoms with E-state index < -0.39 is 4.92 Å². The molecule has 0 saturated heterocycles. The van der Waals surface area contributed by atoms with Gasteiger partial charge < -0.3 is 9.47 Å². The molecule has 0 unspecified atom stereocenters. The first-order valence-electron chi connectivity index (χ1n) is 6.77. The molecule has 0 saturated carbocycles. The molecular weight excluding hydrogens is 298 g/mol. The van der Waals surface area contributed by atoms with Gasteiger partial charge in [-0.05, 0) is 32.3 Å². The lowest BCUT2D eigenvalue weighted by atomic mass is 10.2. The maximum absolute atomic E-state index is 11.1. The predicted molar refractivity (Wildman–Crippen MR) is 78.7 cm³/mol. The number of esters is 1. The van der Waals surface area contributed by atoms with Crippen molar-refractivity contribution in [2.45, 2.75) is 32.6 Å². The fourth-order valence-electron chi connectivity index (χ4n) is 1.74. The van der Waals surface area contributed by atoms with Crippen LogP contribution in [-0.4, -0.2) is 24.1 Å². The molecule has 0 aliphatic carbocycles. The van der Waals surface area contributed by atoms with E-state index in [0.717, 1.165) is 6.42 Å². The normalized spacial score (nSPS) is 10.2. The van der Waals surface area contributed by atoms with Crippen molar-refractivity contribution < 1.29 is 19.2 Å². The molecule has 0 heterocycles. The number of nitro groups is 1. The number of hydrogen-bond donors (Lipinski definition) is 0. The van der Waals surface area contributed by atoms with Crippen LogP contribution in [0.3, 0.4) is 0 Å². The van der Waals surface area contributed by atoms with E-state index in [-0.39, 0.29) is 22.4 Å². The molecule has 0 amide bonds. The molecule has 0 atom stereocenters. The lowest BCUT2D eigenvalue weighted by molar-refractivity contribution is -0.385. The highest BCUT2D eigenvalue weighted by atomic mass is 35.5. The van der Waals surface area contributed by atoms with Crippen LogP contribution in [0.2, 0.25) is 5.02 Å². The minimum absolute atomic E-state index is 0.0922. The number of nitrogens with zero attached hydrogens (tertiary/aromatic N) is 1. The van der Waals surface area contributed by atoms with Crippen molar-refractivity contribution in [3.05, 3.63) is 33.3 Å². The summed E-state index contributed by atoms with van der Waals surface area (Å²) in [5.41, 5.74) is -0.144. The first kappa shape index (κ1) is 17.2. The van der Waals surface area contributed by atoms with E-state index in [9.17, 15) is 14.9 Å². The SMILES string of the molecule is CCOC(=O)CCCCCOc1c(Cl)cccc1[N+](=O)[O-]. The van der Waals surface area contributed by atoms with Crippen LogP contribution in [0.1, 0.15) is 32.6 Å². The fraction of sp³-hybridized carbons (Fsp3) is 0.500. The maximum atomic E-state index is 11.1. The van der Waals surface area contributed by atoms with Gasteiger partial charge in [0.25, 0.3) is 0 Å². The zero-order chi connectivity index (χ0) is 15.7. The van der Waals surface area contributed by atoms with Crippen LogP contribution in [0.5, 0.6) is 5.75 Å². The Morgan fingerprint density at radius 3 is 2.76 bits per heavy atom. The molecule has 0 aliphatic heterocycles. The molecule has 0 N–H and O–H groups in total. The van der Waals surface area contributed by atoms with Crippen molar-refractivity contribution in [3.8, 4) is 5.75 Å². The number of benzene rings is 1. The monoisotopic (exact) mass is 315 g/mol. The summed E-state index contributed by atoms with van der Waals surface area (Å²) in [6, 6.07) is 4.40. The molecule has 0 aliphatic rings. The van der Waals surface area contributed by atoms with Gasteiger partial charge in [0.05, 0.1) is 23.2 Å². The number of halogens is 1. The molecule has 0 radical (unpaired) electrons. The molecule has 0 spiro atoms. The molecule has 7 heteroatoms. The lowest BCUT2D eigenvalue weighted by Gasteiger charge is -2.08. The van der Waals surface area contributed by atoms with Crippen LogP contribution in [0.15, 0.2) is 18.2 Å². The molecular formula is C14H18ClNO5.